The van der Waals surface area contributed by atoms with Crippen LogP contribution in [0, 0.1) is 0 Å². The number of hydrogen-bond donors (Lipinski definition) is 3. The third kappa shape index (κ3) is 3.23. The molecule has 0 bridgehead atoms. The van der Waals surface area contributed by atoms with Crippen LogP contribution in [0.2, 0.25) is 0 Å². The Labute approximate surface area is 119 Å². The molecule has 0 aromatic heterocycles. The lowest BCUT2D eigenvalue weighted by Gasteiger charge is -2.24. The lowest BCUT2D eigenvalue weighted by Crippen LogP contribution is -2.32. The van der Waals surface area contributed by atoms with Crippen molar-refractivity contribution < 1.29 is 13.2 Å². The van der Waals surface area contributed by atoms with Gasteiger partial charge in [-0.1, -0.05) is 0 Å². The standard InChI is InChI=1S/C13H21N3O3S/c1-13(6-3-7-19-13)9-16-12-8-10(4-5-11(12)14)20(17,18)15-2/h4-5,8,15-16H,3,6-7,9,14H2,1-2H3. The summed E-state index contributed by atoms with van der Waals surface area (Å²) in [6.07, 6.45) is 2.02. The molecule has 0 amide bonds. The summed E-state index contributed by atoms with van der Waals surface area (Å²) in [6, 6.07) is 4.62. The highest BCUT2D eigenvalue weighted by Gasteiger charge is 2.29. The van der Waals surface area contributed by atoms with Crippen molar-refractivity contribution in [3.8, 4) is 0 Å². The van der Waals surface area contributed by atoms with Crippen LogP contribution in [0.4, 0.5) is 11.4 Å². The van der Waals surface area contributed by atoms with Gasteiger partial charge in [-0.3, -0.25) is 0 Å². The van der Waals surface area contributed by atoms with Crippen molar-refractivity contribution in [2.75, 3.05) is 31.2 Å². The predicted molar refractivity (Wildman–Crippen MR) is 79.2 cm³/mol. The van der Waals surface area contributed by atoms with Crippen LogP contribution < -0.4 is 15.8 Å². The number of nitrogen functional groups attached to an aromatic ring is 1. The van der Waals surface area contributed by atoms with Crippen LogP contribution in [-0.4, -0.2) is 34.2 Å². The fourth-order valence-corrected chi connectivity index (χ4v) is 2.99. The van der Waals surface area contributed by atoms with Gasteiger partial charge in [0, 0.05) is 13.2 Å². The summed E-state index contributed by atoms with van der Waals surface area (Å²) in [6.45, 7) is 3.40. The third-order valence-electron chi connectivity index (χ3n) is 3.56. The lowest BCUT2D eigenvalue weighted by atomic mass is 10.0. The number of ether oxygens (including phenoxy) is 1. The summed E-state index contributed by atoms with van der Waals surface area (Å²) in [4.78, 5) is 0.189. The molecule has 1 saturated heterocycles. The molecular weight excluding hydrogens is 278 g/mol. The van der Waals surface area contributed by atoms with Crippen LogP contribution >= 0.6 is 0 Å². The molecule has 1 aliphatic rings. The summed E-state index contributed by atoms with van der Waals surface area (Å²) in [5.74, 6) is 0. The molecule has 0 spiro atoms. The van der Waals surface area contributed by atoms with Crippen LogP contribution in [0.25, 0.3) is 0 Å². The Balaban J connectivity index is 2.17. The first-order valence-corrected chi connectivity index (χ1v) is 8.05. The molecule has 112 valence electrons. The molecule has 7 heteroatoms. The fraction of sp³-hybridized carbons (Fsp3) is 0.538. The van der Waals surface area contributed by atoms with Gasteiger partial charge in [0.05, 0.1) is 21.9 Å². The molecule has 0 saturated carbocycles. The fourth-order valence-electron chi connectivity index (χ4n) is 2.23. The summed E-state index contributed by atoms with van der Waals surface area (Å²) in [5, 5.41) is 3.19. The summed E-state index contributed by atoms with van der Waals surface area (Å²) >= 11 is 0. The molecule has 1 aliphatic heterocycles. The highest BCUT2D eigenvalue weighted by atomic mass is 32.2. The minimum atomic E-state index is -3.47. The molecule has 1 fully saturated rings. The molecule has 1 unspecified atom stereocenters. The van der Waals surface area contributed by atoms with Crippen molar-refractivity contribution in [3.05, 3.63) is 18.2 Å². The van der Waals surface area contributed by atoms with Crippen molar-refractivity contribution in [2.45, 2.75) is 30.3 Å². The highest BCUT2D eigenvalue weighted by Crippen LogP contribution is 2.28. The van der Waals surface area contributed by atoms with Crippen LogP contribution in [0.15, 0.2) is 23.1 Å². The molecule has 1 atom stereocenters. The number of hydrogen-bond acceptors (Lipinski definition) is 5. The number of rotatable bonds is 5. The van der Waals surface area contributed by atoms with E-state index in [0.717, 1.165) is 19.4 Å². The van der Waals surface area contributed by atoms with Gasteiger partial charge in [-0.05, 0) is 45.0 Å². The maximum Gasteiger partial charge on any atom is 0.240 e. The number of benzene rings is 1. The van der Waals surface area contributed by atoms with Crippen molar-refractivity contribution in [1.29, 1.82) is 0 Å². The van der Waals surface area contributed by atoms with Gasteiger partial charge in [0.15, 0.2) is 0 Å². The van der Waals surface area contributed by atoms with E-state index in [4.69, 9.17) is 10.5 Å². The number of sulfonamides is 1. The first kappa shape index (κ1) is 15.1. The molecule has 1 aromatic carbocycles. The monoisotopic (exact) mass is 299 g/mol. The minimum Gasteiger partial charge on any atom is -0.397 e. The smallest absolute Gasteiger partial charge is 0.240 e. The minimum absolute atomic E-state index is 0.189. The maximum absolute atomic E-state index is 11.8. The molecule has 0 aliphatic carbocycles. The molecule has 0 radical (unpaired) electrons. The Morgan fingerprint density at radius 3 is 2.80 bits per heavy atom. The molecule has 1 aromatic rings. The van der Waals surface area contributed by atoms with E-state index in [9.17, 15) is 8.42 Å². The lowest BCUT2D eigenvalue weighted by molar-refractivity contribution is 0.0315. The second-order valence-corrected chi connectivity index (χ2v) is 7.10. The van der Waals surface area contributed by atoms with Crippen LogP contribution in [0.5, 0.6) is 0 Å². The zero-order valence-electron chi connectivity index (χ0n) is 11.8. The Bertz CT molecular complexity index is 581. The van der Waals surface area contributed by atoms with E-state index in [-0.39, 0.29) is 10.5 Å². The van der Waals surface area contributed by atoms with Crippen molar-refractivity contribution >= 4 is 21.4 Å². The number of nitrogens with two attached hydrogens (primary N) is 1. The average Bonchev–Trinajstić information content (AvgIpc) is 2.85. The largest absolute Gasteiger partial charge is 0.397 e. The summed E-state index contributed by atoms with van der Waals surface area (Å²) in [5.41, 5.74) is 6.79. The van der Waals surface area contributed by atoms with Gasteiger partial charge in [-0.15, -0.1) is 0 Å². The van der Waals surface area contributed by atoms with Gasteiger partial charge in [0.1, 0.15) is 0 Å². The van der Waals surface area contributed by atoms with Gasteiger partial charge in [-0.25, -0.2) is 13.1 Å². The van der Waals surface area contributed by atoms with Gasteiger partial charge in [0.25, 0.3) is 0 Å². The maximum atomic E-state index is 11.8. The van der Waals surface area contributed by atoms with E-state index in [1.165, 1.54) is 13.1 Å². The third-order valence-corrected chi connectivity index (χ3v) is 4.97. The second-order valence-electron chi connectivity index (χ2n) is 5.21. The van der Waals surface area contributed by atoms with E-state index in [1.807, 2.05) is 6.92 Å². The average molecular weight is 299 g/mol. The van der Waals surface area contributed by atoms with E-state index in [0.29, 0.717) is 17.9 Å². The normalized spacial score (nSPS) is 22.9. The van der Waals surface area contributed by atoms with Crippen molar-refractivity contribution in [2.24, 2.45) is 0 Å². The van der Waals surface area contributed by atoms with Crippen molar-refractivity contribution in [1.82, 2.24) is 4.72 Å². The summed E-state index contributed by atoms with van der Waals surface area (Å²) < 4.78 is 31.5. The molecular formula is C13H21N3O3S. The molecule has 6 nitrogen and oxygen atoms in total. The summed E-state index contributed by atoms with van der Waals surface area (Å²) in [7, 11) is -2.09. The Kier molecular flexibility index (Phi) is 4.22. The van der Waals surface area contributed by atoms with E-state index >= 15 is 0 Å². The Morgan fingerprint density at radius 1 is 1.45 bits per heavy atom. The van der Waals surface area contributed by atoms with Gasteiger partial charge in [0.2, 0.25) is 10.0 Å². The second kappa shape index (κ2) is 5.59. The van der Waals surface area contributed by atoms with Gasteiger partial charge >= 0.3 is 0 Å². The van der Waals surface area contributed by atoms with Crippen LogP contribution in [0.1, 0.15) is 19.8 Å². The highest BCUT2D eigenvalue weighted by molar-refractivity contribution is 7.89. The Hall–Kier alpha value is -1.31. The molecule has 1 heterocycles. The van der Waals surface area contributed by atoms with E-state index in [1.54, 1.807) is 12.1 Å². The first-order chi connectivity index (χ1) is 9.36. The predicted octanol–water partition coefficient (Wildman–Crippen LogP) is 1.16. The number of nitrogens with one attached hydrogen (secondary N) is 2. The van der Waals surface area contributed by atoms with Crippen molar-refractivity contribution in [3.63, 3.8) is 0 Å². The number of anilines is 2. The topological polar surface area (TPSA) is 93.5 Å². The molecule has 4 N–H and O–H groups in total. The zero-order valence-corrected chi connectivity index (χ0v) is 12.6. The SMILES string of the molecule is CNS(=O)(=O)c1ccc(N)c(NCC2(C)CCCO2)c1. The Morgan fingerprint density at radius 2 is 2.20 bits per heavy atom. The van der Waals surface area contributed by atoms with E-state index < -0.39 is 10.0 Å². The van der Waals surface area contributed by atoms with Crippen LogP contribution in [-0.2, 0) is 14.8 Å². The van der Waals surface area contributed by atoms with Gasteiger partial charge < -0.3 is 15.8 Å². The first-order valence-electron chi connectivity index (χ1n) is 6.57. The quantitative estimate of drug-likeness (QED) is 0.709. The molecule has 20 heavy (non-hydrogen) atoms. The zero-order chi connectivity index (χ0) is 14.8. The van der Waals surface area contributed by atoms with Crippen LogP contribution in [0.3, 0.4) is 0 Å². The molecule has 2 rings (SSSR count). The van der Waals surface area contributed by atoms with E-state index in [2.05, 4.69) is 10.0 Å². The van der Waals surface area contributed by atoms with Gasteiger partial charge in [-0.2, -0.15) is 0 Å².